The van der Waals surface area contributed by atoms with Crippen molar-refractivity contribution in [2.75, 3.05) is 18.2 Å². The van der Waals surface area contributed by atoms with Crippen molar-refractivity contribution in [2.24, 2.45) is 5.41 Å². The third-order valence-corrected chi connectivity index (χ3v) is 3.96. The molecule has 1 fully saturated rings. The highest BCUT2D eigenvalue weighted by Gasteiger charge is 2.48. The summed E-state index contributed by atoms with van der Waals surface area (Å²) in [5.74, 6) is 0. The van der Waals surface area contributed by atoms with Gasteiger partial charge in [0.05, 0.1) is 17.4 Å². The van der Waals surface area contributed by atoms with E-state index in [0.29, 0.717) is 17.3 Å². The molecule has 2 rings (SSSR count). The fourth-order valence-electron chi connectivity index (χ4n) is 2.50. The monoisotopic (exact) mass is 245 g/mol. The first-order chi connectivity index (χ1) is 8.48. The number of hydrogen-bond donors (Lipinski definition) is 2. The number of benzene rings is 1. The number of ether oxygens (including phenoxy) is 1. The highest BCUT2D eigenvalue weighted by atomic mass is 16.5. The third kappa shape index (κ3) is 2.02. The van der Waals surface area contributed by atoms with Crippen LogP contribution in [0.2, 0.25) is 0 Å². The lowest BCUT2D eigenvalue weighted by Crippen LogP contribution is -2.57. The SMILES string of the molecule is COC1CC(Nc2ccc(N)cc2C#N)C1(C)C. The lowest BCUT2D eigenvalue weighted by molar-refractivity contribution is -0.0794. The Kier molecular flexibility index (Phi) is 3.18. The number of nitrogens with one attached hydrogen (secondary N) is 1. The molecule has 18 heavy (non-hydrogen) atoms. The molecular formula is C14H19N3O. The van der Waals surface area contributed by atoms with Crippen LogP contribution in [0.4, 0.5) is 11.4 Å². The van der Waals surface area contributed by atoms with Crippen LogP contribution in [0.3, 0.4) is 0 Å². The van der Waals surface area contributed by atoms with E-state index in [9.17, 15) is 0 Å². The van der Waals surface area contributed by atoms with E-state index < -0.39 is 0 Å². The summed E-state index contributed by atoms with van der Waals surface area (Å²) in [5.41, 5.74) is 7.80. The molecule has 0 aliphatic heterocycles. The van der Waals surface area contributed by atoms with Crippen LogP contribution in [-0.2, 0) is 4.74 Å². The topological polar surface area (TPSA) is 71.1 Å². The van der Waals surface area contributed by atoms with E-state index in [0.717, 1.165) is 12.1 Å². The molecule has 0 heterocycles. The van der Waals surface area contributed by atoms with Crippen LogP contribution in [-0.4, -0.2) is 19.3 Å². The summed E-state index contributed by atoms with van der Waals surface area (Å²) in [4.78, 5) is 0. The fourth-order valence-corrected chi connectivity index (χ4v) is 2.50. The third-order valence-electron chi connectivity index (χ3n) is 3.96. The molecule has 3 N–H and O–H groups in total. The summed E-state index contributed by atoms with van der Waals surface area (Å²) in [6, 6.07) is 7.86. The number of methoxy groups -OCH3 is 1. The molecule has 2 atom stereocenters. The van der Waals surface area contributed by atoms with Crippen molar-refractivity contribution >= 4 is 11.4 Å². The minimum absolute atomic E-state index is 0.0723. The summed E-state index contributed by atoms with van der Waals surface area (Å²) in [6.45, 7) is 4.34. The molecule has 0 spiro atoms. The minimum atomic E-state index is 0.0723. The summed E-state index contributed by atoms with van der Waals surface area (Å²) < 4.78 is 5.42. The van der Waals surface area contributed by atoms with Gasteiger partial charge in [0.15, 0.2) is 0 Å². The molecule has 1 aromatic carbocycles. The number of hydrogen-bond acceptors (Lipinski definition) is 4. The number of anilines is 2. The van der Waals surface area contributed by atoms with E-state index in [1.165, 1.54) is 0 Å². The molecule has 1 aromatic rings. The minimum Gasteiger partial charge on any atom is -0.399 e. The quantitative estimate of drug-likeness (QED) is 0.802. The van der Waals surface area contributed by atoms with E-state index in [4.69, 9.17) is 15.7 Å². The Morgan fingerprint density at radius 2 is 2.22 bits per heavy atom. The van der Waals surface area contributed by atoms with Gasteiger partial charge in [0.2, 0.25) is 0 Å². The molecular weight excluding hydrogens is 226 g/mol. The van der Waals surface area contributed by atoms with Crippen LogP contribution in [0.15, 0.2) is 18.2 Å². The van der Waals surface area contributed by atoms with E-state index >= 15 is 0 Å². The largest absolute Gasteiger partial charge is 0.399 e. The van der Waals surface area contributed by atoms with Crippen molar-refractivity contribution < 1.29 is 4.74 Å². The van der Waals surface area contributed by atoms with Crippen molar-refractivity contribution in [3.63, 3.8) is 0 Å². The molecule has 4 nitrogen and oxygen atoms in total. The second kappa shape index (κ2) is 4.51. The summed E-state index contributed by atoms with van der Waals surface area (Å²) in [6.07, 6.45) is 1.23. The predicted octanol–water partition coefficient (Wildman–Crippen LogP) is 2.37. The summed E-state index contributed by atoms with van der Waals surface area (Å²) in [5, 5.41) is 12.5. The van der Waals surface area contributed by atoms with Crippen molar-refractivity contribution in [1.29, 1.82) is 5.26 Å². The fraction of sp³-hybridized carbons (Fsp3) is 0.500. The molecule has 1 saturated carbocycles. The maximum absolute atomic E-state index is 9.10. The molecule has 0 saturated heterocycles. The average Bonchev–Trinajstić information content (AvgIpc) is 2.35. The van der Waals surface area contributed by atoms with E-state index in [1.807, 2.05) is 12.1 Å². The Labute approximate surface area is 108 Å². The molecule has 1 aliphatic rings. The van der Waals surface area contributed by atoms with Gasteiger partial charge >= 0.3 is 0 Å². The van der Waals surface area contributed by atoms with Gasteiger partial charge < -0.3 is 15.8 Å². The first kappa shape index (κ1) is 12.7. The first-order valence-electron chi connectivity index (χ1n) is 6.08. The van der Waals surface area contributed by atoms with Crippen LogP contribution in [0.25, 0.3) is 0 Å². The molecule has 96 valence electrons. The molecule has 1 aliphatic carbocycles. The predicted molar refractivity (Wildman–Crippen MR) is 72.2 cm³/mol. The molecule has 2 unspecified atom stereocenters. The zero-order valence-corrected chi connectivity index (χ0v) is 11.0. The Morgan fingerprint density at radius 1 is 1.50 bits per heavy atom. The maximum atomic E-state index is 9.10. The van der Waals surface area contributed by atoms with Gasteiger partial charge in [-0.25, -0.2) is 0 Å². The van der Waals surface area contributed by atoms with Gasteiger partial charge in [-0.2, -0.15) is 5.26 Å². The van der Waals surface area contributed by atoms with Gasteiger partial charge in [-0.3, -0.25) is 0 Å². The Balaban J connectivity index is 2.15. The summed E-state index contributed by atoms with van der Waals surface area (Å²) in [7, 11) is 1.74. The van der Waals surface area contributed by atoms with Gasteiger partial charge in [0.1, 0.15) is 6.07 Å². The van der Waals surface area contributed by atoms with Gasteiger partial charge in [-0.05, 0) is 24.6 Å². The smallest absolute Gasteiger partial charge is 0.101 e. The van der Waals surface area contributed by atoms with Crippen LogP contribution >= 0.6 is 0 Å². The average molecular weight is 245 g/mol. The van der Waals surface area contributed by atoms with E-state index in [1.54, 1.807) is 13.2 Å². The summed E-state index contributed by atoms with van der Waals surface area (Å²) >= 11 is 0. The highest BCUT2D eigenvalue weighted by molar-refractivity contribution is 5.63. The van der Waals surface area contributed by atoms with Crippen LogP contribution < -0.4 is 11.1 Å². The second-order valence-electron chi connectivity index (χ2n) is 5.40. The standard InChI is InChI=1S/C14H19N3O/c1-14(2)12(7-13(14)18-3)17-11-5-4-10(16)6-9(11)8-15/h4-6,12-13,17H,7,16H2,1-3H3. The normalized spacial score (nSPS) is 25.0. The number of rotatable bonds is 3. The number of nitrogens with two attached hydrogens (primary N) is 1. The van der Waals surface area contributed by atoms with Gasteiger partial charge in [0, 0.05) is 24.3 Å². The van der Waals surface area contributed by atoms with Crippen LogP contribution in [0.1, 0.15) is 25.8 Å². The Hall–Kier alpha value is -1.73. The molecule has 0 radical (unpaired) electrons. The molecule has 0 bridgehead atoms. The number of nitriles is 1. The number of nitrogen functional groups attached to an aromatic ring is 1. The van der Waals surface area contributed by atoms with Crippen LogP contribution in [0, 0.1) is 16.7 Å². The van der Waals surface area contributed by atoms with E-state index in [2.05, 4.69) is 25.2 Å². The Bertz CT molecular complexity index is 490. The van der Waals surface area contributed by atoms with Crippen molar-refractivity contribution in [2.45, 2.75) is 32.4 Å². The Morgan fingerprint density at radius 3 is 2.78 bits per heavy atom. The van der Waals surface area contributed by atoms with Gasteiger partial charge in [-0.1, -0.05) is 13.8 Å². The first-order valence-corrected chi connectivity index (χ1v) is 6.08. The zero-order valence-electron chi connectivity index (χ0n) is 11.0. The second-order valence-corrected chi connectivity index (χ2v) is 5.40. The molecule has 4 heteroatoms. The van der Waals surface area contributed by atoms with Crippen molar-refractivity contribution in [1.82, 2.24) is 0 Å². The highest BCUT2D eigenvalue weighted by Crippen LogP contribution is 2.44. The molecule has 0 amide bonds. The van der Waals surface area contributed by atoms with E-state index in [-0.39, 0.29) is 11.5 Å². The number of nitrogens with zero attached hydrogens (tertiary/aromatic N) is 1. The molecule has 0 aromatic heterocycles. The van der Waals surface area contributed by atoms with Gasteiger partial charge in [-0.15, -0.1) is 0 Å². The zero-order chi connectivity index (χ0) is 13.3. The van der Waals surface area contributed by atoms with Gasteiger partial charge in [0.25, 0.3) is 0 Å². The lowest BCUT2D eigenvalue weighted by Gasteiger charge is -2.51. The maximum Gasteiger partial charge on any atom is 0.101 e. The van der Waals surface area contributed by atoms with Crippen LogP contribution in [0.5, 0.6) is 0 Å². The van der Waals surface area contributed by atoms with Crippen molar-refractivity contribution in [3.05, 3.63) is 23.8 Å². The lowest BCUT2D eigenvalue weighted by atomic mass is 9.64. The van der Waals surface area contributed by atoms with Crippen molar-refractivity contribution in [3.8, 4) is 6.07 Å².